The van der Waals surface area contributed by atoms with E-state index in [1.807, 2.05) is 30.3 Å². The second-order valence-corrected chi connectivity index (χ2v) is 5.70. The lowest BCUT2D eigenvalue weighted by atomic mass is 10.0. The van der Waals surface area contributed by atoms with Gasteiger partial charge in [-0.15, -0.1) is 19.6 Å². The number of hydrogen-bond donors (Lipinski definition) is 0. The Morgan fingerprint density at radius 1 is 0.889 bits per heavy atom. The third-order valence-electron chi connectivity index (χ3n) is 3.78. The Bertz CT molecular complexity index is 940. The summed E-state index contributed by atoms with van der Waals surface area (Å²) in [5.41, 5.74) is 3.06. The van der Waals surface area contributed by atoms with Gasteiger partial charge in [0.1, 0.15) is 18.1 Å². The molecule has 0 bridgehead atoms. The molecule has 0 saturated heterocycles. The van der Waals surface area contributed by atoms with Crippen LogP contribution in [0.1, 0.15) is 11.1 Å². The summed E-state index contributed by atoms with van der Waals surface area (Å²) in [6, 6.07) is 20.5. The quantitative estimate of drug-likeness (QED) is 0.529. The Hall–Kier alpha value is -3.39. The van der Waals surface area contributed by atoms with E-state index in [1.54, 1.807) is 30.3 Å². The van der Waals surface area contributed by atoms with E-state index in [9.17, 15) is 13.2 Å². The van der Waals surface area contributed by atoms with Crippen LogP contribution in [0.5, 0.6) is 11.5 Å². The molecule has 27 heavy (non-hydrogen) atoms. The third-order valence-corrected chi connectivity index (χ3v) is 3.78. The van der Waals surface area contributed by atoms with Crippen LogP contribution in [0.15, 0.2) is 72.8 Å². The lowest BCUT2D eigenvalue weighted by Gasteiger charge is -2.14. The first kappa shape index (κ1) is 18.4. The number of hydrogen-bond acceptors (Lipinski definition) is 2. The van der Waals surface area contributed by atoms with Crippen molar-refractivity contribution in [1.29, 1.82) is 0 Å². The minimum absolute atomic E-state index is 0.279. The number of rotatable bonds is 5. The first-order chi connectivity index (χ1) is 12.9. The molecule has 0 aromatic heterocycles. The zero-order valence-corrected chi connectivity index (χ0v) is 14.2. The Morgan fingerprint density at radius 2 is 1.59 bits per heavy atom. The number of ether oxygens (including phenoxy) is 2. The average Bonchev–Trinajstić information content (AvgIpc) is 2.66. The zero-order valence-electron chi connectivity index (χ0n) is 14.2. The summed E-state index contributed by atoms with van der Waals surface area (Å²) in [5.74, 6) is 2.83. The van der Waals surface area contributed by atoms with Gasteiger partial charge in [-0.25, -0.2) is 0 Å². The highest BCUT2D eigenvalue weighted by Gasteiger charge is 2.31. The number of benzene rings is 3. The molecule has 3 rings (SSSR count). The van der Waals surface area contributed by atoms with E-state index in [-0.39, 0.29) is 5.75 Å². The molecular formula is C22H15F3O2. The summed E-state index contributed by atoms with van der Waals surface area (Å²) in [7, 11) is 0. The van der Waals surface area contributed by atoms with Gasteiger partial charge in [-0.3, -0.25) is 0 Å². The summed E-state index contributed by atoms with van der Waals surface area (Å²) < 4.78 is 46.8. The van der Waals surface area contributed by atoms with Gasteiger partial charge in [0.05, 0.1) is 0 Å². The normalized spacial score (nSPS) is 10.9. The summed E-state index contributed by atoms with van der Waals surface area (Å²) in [6.07, 6.45) is 0.742. The van der Waals surface area contributed by atoms with Crippen LogP contribution in [0.2, 0.25) is 0 Å². The molecule has 0 heterocycles. The second kappa shape index (κ2) is 7.88. The molecule has 0 N–H and O–H groups in total. The van der Waals surface area contributed by atoms with E-state index in [1.165, 1.54) is 12.1 Å². The summed E-state index contributed by atoms with van der Waals surface area (Å²) in [6.45, 7) is 0.344. The number of halogens is 3. The molecule has 0 radical (unpaired) electrons. The molecule has 0 saturated carbocycles. The van der Waals surface area contributed by atoms with Gasteiger partial charge in [-0.1, -0.05) is 48.4 Å². The van der Waals surface area contributed by atoms with Crippen molar-refractivity contribution in [2.24, 2.45) is 0 Å². The predicted molar refractivity (Wildman–Crippen MR) is 97.3 cm³/mol. The van der Waals surface area contributed by atoms with Gasteiger partial charge in [-0.05, 0) is 41.5 Å². The minimum Gasteiger partial charge on any atom is -0.488 e. The van der Waals surface area contributed by atoms with Crippen molar-refractivity contribution < 1.29 is 22.6 Å². The molecule has 3 aromatic rings. The lowest BCUT2D eigenvalue weighted by molar-refractivity contribution is -0.274. The maximum Gasteiger partial charge on any atom is 0.573 e. The van der Waals surface area contributed by atoms with E-state index >= 15 is 0 Å². The minimum atomic E-state index is -4.72. The Kier molecular flexibility index (Phi) is 5.37. The van der Waals surface area contributed by atoms with Crippen LogP contribution in [0.4, 0.5) is 13.2 Å². The van der Waals surface area contributed by atoms with Crippen LogP contribution in [0, 0.1) is 12.3 Å². The maximum atomic E-state index is 12.3. The van der Waals surface area contributed by atoms with E-state index in [0.29, 0.717) is 23.5 Å². The van der Waals surface area contributed by atoms with Crippen LogP contribution >= 0.6 is 0 Å². The molecule has 0 spiro atoms. The van der Waals surface area contributed by atoms with Gasteiger partial charge in [-0.2, -0.15) is 0 Å². The van der Waals surface area contributed by atoms with E-state index in [0.717, 1.165) is 11.1 Å². The van der Waals surface area contributed by atoms with E-state index in [4.69, 9.17) is 11.2 Å². The van der Waals surface area contributed by atoms with Crippen molar-refractivity contribution in [3.8, 4) is 35.0 Å². The molecule has 0 fully saturated rings. The largest absolute Gasteiger partial charge is 0.573 e. The van der Waals surface area contributed by atoms with Gasteiger partial charge < -0.3 is 9.47 Å². The third kappa shape index (κ3) is 5.05. The molecule has 0 aliphatic heterocycles. The molecule has 0 unspecified atom stereocenters. The van der Waals surface area contributed by atoms with Crippen LogP contribution < -0.4 is 9.47 Å². The highest BCUT2D eigenvalue weighted by Crippen LogP contribution is 2.33. The second-order valence-electron chi connectivity index (χ2n) is 5.70. The predicted octanol–water partition coefficient (Wildman–Crippen LogP) is 5.81. The monoisotopic (exact) mass is 368 g/mol. The highest BCUT2D eigenvalue weighted by molar-refractivity contribution is 5.72. The van der Waals surface area contributed by atoms with Crippen LogP contribution in [-0.2, 0) is 6.61 Å². The molecule has 5 heteroatoms. The number of terminal acetylenes is 1. The van der Waals surface area contributed by atoms with Crippen LogP contribution in [-0.4, -0.2) is 6.36 Å². The Morgan fingerprint density at radius 3 is 2.22 bits per heavy atom. The van der Waals surface area contributed by atoms with Gasteiger partial charge >= 0.3 is 6.36 Å². The summed E-state index contributed by atoms with van der Waals surface area (Å²) >= 11 is 0. The Labute approximate surface area is 155 Å². The topological polar surface area (TPSA) is 18.5 Å². The average molecular weight is 368 g/mol. The maximum absolute atomic E-state index is 12.3. The fraction of sp³-hybridized carbons (Fsp3) is 0.0909. The first-order valence-corrected chi connectivity index (χ1v) is 8.08. The highest BCUT2D eigenvalue weighted by atomic mass is 19.4. The van der Waals surface area contributed by atoms with Crippen molar-refractivity contribution in [3.05, 3.63) is 83.9 Å². The molecule has 136 valence electrons. The van der Waals surface area contributed by atoms with Crippen molar-refractivity contribution in [1.82, 2.24) is 0 Å². The zero-order chi connectivity index (χ0) is 19.3. The first-order valence-electron chi connectivity index (χ1n) is 8.08. The molecule has 2 nitrogen and oxygen atoms in total. The lowest BCUT2D eigenvalue weighted by Crippen LogP contribution is -2.16. The SMILES string of the molecule is C#Cc1ccc(-c2ccc(OC(F)(F)F)cc2)c(OCc2ccccc2)c1. The molecule has 0 aliphatic rings. The van der Waals surface area contributed by atoms with Gasteiger partial charge in [0.2, 0.25) is 0 Å². The van der Waals surface area contributed by atoms with E-state index in [2.05, 4.69) is 10.7 Å². The molecule has 3 aromatic carbocycles. The van der Waals surface area contributed by atoms with Crippen LogP contribution in [0.25, 0.3) is 11.1 Å². The molecule has 0 aliphatic carbocycles. The van der Waals surface area contributed by atoms with E-state index < -0.39 is 6.36 Å². The summed E-state index contributed by atoms with van der Waals surface area (Å²) in [5, 5.41) is 0. The fourth-order valence-electron chi connectivity index (χ4n) is 2.54. The van der Waals surface area contributed by atoms with Crippen molar-refractivity contribution >= 4 is 0 Å². The van der Waals surface area contributed by atoms with Crippen molar-refractivity contribution in [3.63, 3.8) is 0 Å². The standard InChI is InChI=1S/C22H15F3O2/c1-2-16-8-13-20(18-9-11-19(12-10-18)27-22(23,24)25)21(14-16)26-15-17-6-4-3-5-7-17/h1,3-14H,15H2. The fourth-order valence-corrected chi connectivity index (χ4v) is 2.54. The Balaban J connectivity index is 1.87. The van der Waals surface area contributed by atoms with Gasteiger partial charge in [0.15, 0.2) is 0 Å². The van der Waals surface area contributed by atoms with Crippen LogP contribution in [0.3, 0.4) is 0 Å². The van der Waals surface area contributed by atoms with Crippen molar-refractivity contribution in [2.45, 2.75) is 13.0 Å². The van der Waals surface area contributed by atoms with Gasteiger partial charge in [0, 0.05) is 11.1 Å². The molecule has 0 atom stereocenters. The van der Waals surface area contributed by atoms with Crippen molar-refractivity contribution in [2.75, 3.05) is 0 Å². The molecular weight excluding hydrogens is 353 g/mol. The smallest absolute Gasteiger partial charge is 0.488 e. The molecule has 0 amide bonds. The summed E-state index contributed by atoms with van der Waals surface area (Å²) in [4.78, 5) is 0. The van der Waals surface area contributed by atoms with Gasteiger partial charge in [0.25, 0.3) is 0 Å². The number of alkyl halides is 3.